The Balaban J connectivity index is 2.68. The molecular formula is C20H33NO. The Hall–Kier alpha value is -1.31. The number of rotatable bonds is 9. The SMILES string of the molecule is CCCCCCCc1cccc(C(=O)N(C(C)C)C(C)C)c1. The summed E-state index contributed by atoms with van der Waals surface area (Å²) in [6.07, 6.45) is 7.52. The number of nitrogens with zero attached hydrogens (tertiary/aromatic N) is 1. The molecule has 0 saturated carbocycles. The summed E-state index contributed by atoms with van der Waals surface area (Å²) in [5.41, 5.74) is 2.11. The third-order valence-corrected chi connectivity index (χ3v) is 4.09. The lowest BCUT2D eigenvalue weighted by molar-refractivity contribution is 0.0643. The van der Waals surface area contributed by atoms with Gasteiger partial charge in [0.2, 0.25) is 0 Å². The second kappa shape index (κ2) is 9.66. The molecule has 0 aliphatic heterocycles. The van der Waals surface area contributed by atoms with Crippen LogP contribution in [0.5, 0.6) is 0 Å². The maximum Gasteiger partial charge on any atom is 0.254 e. The van der Waals surface area contributed by atoms with E-state index in [1.165, 1.54) is 37.7 Å². The second-order valence-electron chi connectivity index (χ2n) is 6.76. The number of unbranched alkanes of at least 4 members (excludes halogenated alkanes) is 4. The first-order valence-corrected chi connectivity index (χ1v) is 8.89. The minimum Gasteiger partial charge on any atom is -0.334 e. The predicted molar refractivity (Wildman–Crippen MR) is 95.3 cm³/mol. The molecule has 1 rings (SSSR count). The molecule has 0 radical (unpaired) electrons. The molecular weight excluding hydrogens is 270 g/mol. The van der Waals surface area contributed by atoms with Crippen molar-refractivity contribution in [3.63, 3.8) is 0 Å². The third kappa shape index (κ3) is 5.82. The molecule has 0 aromatic heterocycles. The minimum absolute atomic E-state index is 0.151. The van der Waals surface area contributed by atoms with Crippen molar-refractivity contribution in [2.24, 2.45) is 0 Å². The summed E-state index contributed by atoms with van der Waals surface area (Å²) in [6, 6.07) is 8.65. The van der Waals surface area contributed by atoms with Gasteiger partial charge in [-0.2, -0.15) is 0 Å². The largest absolute Gasteiger partial charge is 0.334 e. The van der Waals surface area contributed by atoms with Gasteiger partial charge in [-0.3, -0.25) is 4.79 Å². The van der Waals surface area contributed by atoms with Gasteiger partial charge in [0.25, 0.3) is 5.91 Å². The Morgan fingerprint density at radius 1 is 1.00 bits per heavy atom. The van der Waals surface area contributed by atoms with Gasteiger partial charge in [-0.15, -0.1) is 0 Å². The van der Waals surface area contributed by atoms with E-state index in [0.29, 0.717) is 0 Å². The number of hydrogen-bond acceptors (Lipinski definition) is 1. The number of carbonyl (C=O) groups excluding carboxylic acids is 1. The van der Waals surface area contributed by atoms with Gasteiger partial charge in [0.1, 0.15) is 0 Å². The monoisotopic (exact) mass is 303 g/mol. The van der Waals surface area contributed by atoms with E-state index >= 15 is 0 Å². The van der Waals surface area contributed by atoms with Crippen LogP contribution in [0.4, 0.5) is 0 Å². The van der Waals surface area contributed by atoms with E-state index in [0.717, 1.165) is 12.0 Å². The molecule has 0 N–H and O–H groups in total. The molecule has 0 aliphatic carbocycles. The highest BCUT2D eigenvalue weighted by atomic mass is 16.2. The van der Waals surface area contributed by atoms with Crippen LogP contribution in [0.25, 0.3) is 0 Å². The number of aryl methyl sites for hydroxylation is 1. The van der Waals surface area contributed by atoms with Gasteiger partial charge in [0, 0.05) is 17.6 Å². The molecule has 0 unspecified atom stereocenters. The number of amides is 1. The lowest BCUT2D eigenvalue weighted by Gasteiger charge is -2.31. The van der Waals surface area contributed by atoms with E-state index in [4.69, 9.17) is 0 Å². The van der Waals surface area contributed by atoms with E-state index in [1.807, 2.05) is 17.0 Å². The van der Waals surface area contributed by atoms with Gasteiger partial charge < -0.3 is 4.90 Å². The molecule has 2 heteroatoms. The molecule has 1 amide bonds. The smallest absolute Gasteiger partial charge is 0.254 e. The molecule has 0 fully saturated rings. The second-order valence-corrected chi connectivity index (χ2v) is 6.76. The van der Waals surface area contributed by atoms with Gasteiger partial charge in [-0.25, -0.2) is 0 Å². The van der Waals surface area contributed by atoms with Crippen molar-refractivity contribution in [2.75, 3.05) is 0 Å². The molecule has 0 atom stereocenters. The van der Waals surface area contributed by atoms with Crippen molar-refractivity contribution in [1.82, 2.24) is 4.90 Å². The summed E-state index contributed by atoms with van der Waals surface area (Å²) in [4.78, 5) is 14.7. The summed E-state index contributed by atoms with van der Waals surface area (Å²) in [6.45, 7) is 10.6. The van der Waals surface area contributed by atoms with Crippen molar-refractivity contribution < 1.29 is 4.79 Å². The molecule has 1 aromatic carbocycles. The number of carbonyl (C=O) groups is 1. The highest BCUT2D eigenvalue weighted by Gasteiger charge is 2.21. The van der Waals surface area contributed by atoms with Crippen LogP contribution >= 0.6 is 0 Å². The molecule has 0 heterocycles. The maximum atomic E-state index is 12.7. The molecule has 1 aromatic rings. The van der Waals surface area contributed by atoms with E-state index in [1.54, 1.807) is 0 Å². The first-order valence-electron chi connectivity index (χ1n) is 8.89. The van der Waals surface area contributed by atoms with E-state index in [-0.39, 0.29) is 18.0 Å². The molecule has 0 spiro atoms. The molecule has 22 heavy (non-hydrogen) atoms. The summed E-state index contributed by atoms with van der Waals surface area (Å²) in [5.74, 6) is 0.151. The average molecular weight is 303 g/mol. The molecule has 124 valence electrons. The summed E-state index contributed by atoms with van der Waals surface area (Å²) in [5, 5.41) is 0. The summed E-state index contributed by atoms with van der Waals surface area (Å²) in [7, 11) is 0. The lowest BCUT2D eigenvalue weighted by Crippen LogP contribution is -2.42. The molecule has 2 nitrogen and oxygen atoms in total. The summed E-state index contributed by atoms with van der Waals surface area (Å²) >= 11 is 0. The highest BCUT2D eigenvalue weighted by molar-refractivity contribution is 5.94. The predicted octanol–water partition coefficient (Wildman–Crippen LogP) is 5.46. The Morgan fingerprint density at radius 2 is 1.64 bits per heavy atom. The van der Waals surface area contributed by atoms with Crippen LogP contribution in [-0.2, 0) is 6.42 Å². The van der Waals surface area contributed by atoms with Crippen LogP contribution in [0.1, 0.15) is 82.6 Å². The van der Waals surface area contributed by atoms with Crippen LogP contribution < -0.4 is 0 Å². The van der Waals surface area contributed by atoms with Gasteiger partial charge in [-0.05, 0) is 58.2 Å². The zero-order chi connectivity index (χ0) is 16.5. The fourth-order valence-electron chi connectivity index (χ4n) is 3.01. The Morgan fingerprint density at radius 3 is 2.23 bits per heavy atom. The van der Waals surface area contributed by atoms with Gasteiger partial charge in [-0.1, -0.05) is 44.7 Å². The molecule has 0 bridgehead atoms. The van der Waals surface area contributed by atoms with Crippen LogP contribution in [0, 0.1) is 0 Å². The van der Waals surface area contributed by atoms with Crippen molar-refractivity contribution in [3.8, 4) is 0 Å². The first kappa shape index (κ1) is 18.7. The van der Waals surface area contributed by atoms with Crippen molar-refractivity contribution >= 4 is 5.91 Å². The topological polar surface area (TPSA) is 20.3 Å². The Bertz CT molecular complexity index is 443. The van der Waals surface area contributed by atoms with Crippen LogP contribution in [0.3, 0.4) is 0 Å². The van der Waals surface area contributed by atoms with Gasteiger partial charge >= 0.3 is 0 Å². The van der Waals surface area contributed by atoms with E-state index in [9.17, 15) is 4.79 Å². The Labute approximate surface area is 136 Å². The van der Waals surface area contributed by atoms with Gasteiger partial charge in [0.05, 0.1) is 0 Å². The maximum absolute atomic E-state index is 12.7. The number of hydrogen-bond donors (Lipinski definition) is 0. The standard InChI is InChI=1S/C20H33NO/c1-6-7-8-9-10-12-18-13-11-14-19(15-18)20(22)21(16(2)3)17(4)5/h11,13-17H,6-10,12H2,1-5H3. The fraction of sp³-hybridized carbons (Fsp3) is 0.650. The zero-order valence-corrected chi connectivity index (χ0v) is 15.1. The minimum atomic E-state index is 0.151. The number of benzene rings is 1. The zero-order valence-electron chi connectivity index (χ0n) is 15.1. The van der Waals surface area contributed by atoms with E-state index in [2.05, 4.69) is 46.8 Å². The van der Waals surface area contributed by atoms with Crippen LogP contribution in [0.2, 0.25) is 0 Å². The Kier molecular flexibility index (Phi) is 8.22. The molecule has 0 saturated heterocycles. The lowest BCUT2D eigenvalue weighted by atomic mass is 10.0. The first-order chi connectivity index (χ1) is 10.5. The fourth-order valence-corrected chi connectivity index (χ4v) is 3.01. The average Bonchev–Trinajstić information content (AvgIpc) is 2.46. The normalized spacial score (nSPS) is 11.2. The van der Waals surface area contributed by atoms with Crippen LogP contribution in [0.15, 0.2) is 24.3 Å². The quantitative estimate of drug-likeness (QED) is 0.555. The van der Waals surface area contributed by atoms with Crippen molar-refractivity contribution in [1.29, 1.82) is 0 Å². The summed E-state index contributed by atoms with van der Waals surface area (Å²) < 4.78 is 0. The van der Waals surface area contributed by atoms with Crippen LogP contribution in [-0.4, -0.2) is 22.9 Å². The van der Waals surface area contributed by atoms with E-state index < -0.39 is 0 Å². The third-order valence-electron chi connectivity index (χ3n) is 4.09. The molecule has 0 aliphatic rings. The van der Waals surface area contributed by atoms with Gasteiger partial charge in [0.15, 0.2) is 0 Å². The van der Waals surface area contributed by atoms with Crippen molar-refractivity contribution in [2.45, 2.75) is 85.2 Å². The highest BCUT2D eigenvalue weighted by Crippen LogP contribution is 2.15. The van der Waals surface area contributed by atoms with Crippen molar-refractivity contribution in [3.05, 3.63) is 35.4 Å².